The minimum Gasteiger partial charge on any atom is -0.423 e. The molecule has 17 heteroatoms. The fraction of sp³-hybridized carbons (Fsp3) is 0. The molecule has 0 spiro atoms. The molecule has 7 aromatic heterocycles. The average Bonchev–Trinajstić information content (AvgIpc) is 1.60. The summed E-state index contributed by atoms with van der Waals surface area (Å²) in [6, 6.07) is 148. The van der Waals surface area contributed by atoms with Crippen LogP contribution in [0.5, 0.6) is 0 Å². The highest BCUT2D eigenvalue weighted by atomic mass is 79.9. The number of fused-ring (bicyclic) bond motifs is 12. The Hall–Kier alpha value is -16.6. The van der Waals surface area contributed by atoms with Crippen LogP contribution in [0.2, 0.25) is 0 Å². The molecule has 0 aliphatic heterocycles. The van der Waals surface area contributed by atoms with Crippen LogP contribution in [0, 0.1) is 0 Å². The van der Waals surface area contributed by atoms with Gasteiger partial charge in [0.15, 0.2) is 52.4 Å². The van der Waals surface area contributed by atoms with Crippen molar-refractivity contribution in [1.29, 1.82) is 0 Å². The Balaban J connectivity index is 0.000000109. The Morgan fingerprint density at radius 2 is 0.406 bits per heavy atom. The molecule has 15 nitrogen and oxygen atoms in total. The molecule has 24 rings (SSSR count). The van der Waals surface area contributed by atoms with Crippen LogP contribution in [0.1, 0.15) is 0 Å². The molecule has 0 bridgehead atoms. The molecule has 0 aliphatic rings. The van der Waals surface area contributed by atoms with Crippen LogP contribution >= 0.6 is 15.9 Å². The number of rotatable bonds is 13. The van der Waals surface area contributed by atoms with E-state index in [0.717, 1.165) is 93.4 Å². The van der Waals surface area contributed by atoms with Crippen molar-refractivity contribution in [2.75, 3.05) is 0 Å². The van der Waals surface area contributed by atoms with Crippen molar-refractivity contribution in [2.45, 2.75) is 0 Å². The monoisotopic (exact) mass is 1710 g/mol. The van der Waals surface area contributed by atoms with Crippen LogP contribution < -0.4 is 5.46 Å². The van der Waals surface area contributed by atoms with E-state index in [2.05, 4.69) is 247 Å². The molecule has 0 amide bonds. The van der Waals surface area contributed by atoms with Crippen LogP contribution in [-0.2, 0) is 0 Å². The molecule has 0 fully saturated rings. The van der Waals surface area contributed by atoms with E-state index < -0.39 is 7.12 Å². The van der Waals surface area contributed by atoms with Gasteiger partial charge >= 0.3 is 7.12 Å². The highest BCUT2D eigenvalue weighted by molar-refractivity contribution is 9.10. The first kappa shape index (κ1) is 78.7. The average molecular weight is 1710 g/mol. The van der Waals surface area contributed by atoms with Gasteiger partial charge in [-0.2, -0.15) is 0 Å². The van der Waals surface area contributed by atoms with Crippen LogP contribution in [0.4, 0.5) is 0 Å². The van der Waals surface area contributed by atoms with Gasteiger partial charge < -0.3 is 28.7 Å². The lowest BCUT2D eigenvalue weighted by molar-refractivity contribution is 0.426. The van der Waals surface area contributed by atoms with E-state index in [9.17, 15) is 10.0 Å². The highest BCUT2D eigenvalue weighted by Gasteiger charge is 2.22. The second-order valence-electron chi connectivity index (χ2n) is 30.9. The van der Waals surface area contributed by atoms with E-state index in [1.807, 2.05) is 218 Å². The third-order valence-electron chi connectivity index (χ3n) is 22.9. The number of nitrogens with one attached hydrogen (secondary N) is 1. The standard InChI is InChI=1S/C33H23BN4O2.C33H21BrN4.C33H22N4.C12H9N/c39-34(40)25-17-20-30-28(21-25)27-13-7-8-14-29(27)38(30)26-18-15-24(16-19-26)33-36-31(22-9-3-1-4-10-22)35-32(37-33)23-11-5-2-6-12-23;34-25-17-20-30-28(21-25)27-13-7-8-14-29(27)38(30)26-18-15-24(16-19-26)33-36-31(22-9-3-1-4-10-22)35-32(37-33)23-11-5-2-6-12-23;1-3-11-23(12-4-1)31-34-32(24-13-5-2-6-14-24)36-33(35-31)25-19-21-26(22-20-25)37-29-17-9-7-15-27(29)28-16-8-10-18-30(28)37;1-3-7-11-9(5-1)10-6-2-4-8-12(10)13-11/h1-21,39-40H;1-21H;1-22H;1-8,13H. The first-order valence-electron chi connectivity index (χ1n) is 42.1. The van der Waals surface area contributed by atoms with Gasteiger partial charge in [0.25, 0.3) is 0 Å². The first-order chi connectivity index (χ1) is 63.2. The summed E-state index contributed by atoms with van der Waals surface area (Å²) in [4.78, 5) is 46.9. The van der Waals surface area contributed by atoms with E-state index in [1.54, 1.807) is 6.07 Å². The third kappa shape index (κ3) is 15.8. The van der Waals surface area contributed by atoms with Crippen molar-refractivity contribution in [3.63, 3.8) is 0 Å². The molecule has 606 valence electrons. The number of hydrogen-bond acceptors (Lipinski definition) is 11. The van der Waals surface area contributed by atoms with Crippen molar-refractivity contribution in [1.82, 2.24) is 63.5 Å². The Morgan fingerprint density at radius 1 is 0.195 bits per heavy atom. The maximum absolute atomic E-state index is 9.73. The van der Waals surface area contributed by atoms with Crippen LogP contribution in [0.3, 0.4) is 0 Å². The van der Waals surface area contributed by atoms with Gasteiger partial charge in [0.1, 0.15) is 0 Å². The number of H-pyrrole nitrogens is 1. The fourth-order valence-corrected chi connectivity index (χ4v) is 17.1. The van der Waals surface area contributed by atoms with Crippen LogP contribution in [0.25, 0.3) is 207 Å². The molecule has 0 aliphatic carbocycles. The summed E-state index contributed by atoms with van der Waals surface area (Å²) < 4.78 is 7.87. The largest absolute Gasteiger partial charge is 0.488 e. The molecule has 7 heterocycles. The molecule has 0 radical (unpaired) electrons. The van der Waals surface area contributed by atoms with E-state index in [4.69, 9.17) is 44.9 Å². The normalized spacial score (nSPS) is 11.2. The second-order valence-corrected chi connectivity index (χ2v) is 31.8. The Kier molecular flexibility index (Phi) is 21.5. The predicted molar refractivity (Wildman–Crippen MR) is 525 cm³/mol. The second kappa shape index (κ2) is 35.0. The molecule has 0 atom stereocenters. The summed E-state index contributed by atoms with van der Waals surface area (Å²) in [5.41, 5.74) is 21.3. The number of para-hydroxylation sites is 6. The van der Waals surface area contributed by atoms with Crippen molar-refractivity contribution >= 4 is 116 Å². The van der Waals surface area contributed by atoms with Crippen LogP contribution in [0.15, 0.2) is 441 Å². The molecular weight excluding hydrogens is 1640 g/mol. The number of aromatic nitrogens is 13. The first-order valence-corrected chi connectivity index (χ1v) is 42.9. The van der Waals surface area contributed by atoms with Crippen molar-refractivity contribution in [3.8, 4) is 120 Å². The molecule has 0 unspecified atom stereocenters. The smallest absolute Gasteiger partial charge is 0.423 e. The van der Waals surface area contributed by atoms with Gasteiger partial charge in [-0.15, -0.1) is 0 Å². The minimum atomic E-state index is -1.52. The number of aromatic amines is 1. The van der Waals surface area contributed by atoms with Crippen LogP contribution in [-0.4, -0.2) is 80.7 Å². The number of nitrogens with zero attached hydrogens (tertiary/aromatic N) is 12. The van der Waals surface area contributed by atoms with Gasteiger partial charge in [0, 0.05) is 126 Å². The Labute approximate surface area is 745 Å². The van der Waals surface area contributed by atoms with E-state index in [1.165, 1.54) is 65.4 Å². The number of hydrogen-bond donors (Lipinski definition) is 3. The molecular formula is C111H75BBrN13O2. The summed E-state index contributed by atoms with van der Waals surface area (Å²) in [7, 11) is -1.52. The quantitative estimate of drug-likeness (QED) is 0.0933. The molecule has 17 aromatic carbocycles. The summed E-state index contributed by atoms with van der Waals surface area (Å²) in [6.45, 7) is 0. The van der Waals surface area contributed by atoms with Crippen molar-refractivity contribution in [3.05, 3.63) is 441 Å². The van der Waals surface area contributed by atoms with Gasteiger partial charge in [-0.25, -0.2) is 44.9 Å². The highest BCUT2D eigenvalue weighted by Crippen LogP contribution is 2.39. The predicted octanol–water partition coefficient (Wildman–Crippen LogP) is 25.7. The van der Waals surface area contributed by atoms with E-state index in [-0.39, 0.29) is 0 Å². The Bertz CT molecular complexity index is 7870. The Morgan fingerprint density at radius 3 is 0.680 bits per heavy atom. The van der Waals surface area contributed by atoms with Gasteiger partial charge in [0.05, 0.1) is 33.1 Å². The number of halogens is 1. The lowest BCUT2D eigenvalue weighted by atomic mass is 9.80. The van der Waals surface area contributed by atoms with Gasteiger partial charge in [0.2, 0.25) is 0 Å². The fourth-order valence-electron chi connectivity index (χ4n) is 16.7. The summed E-state index contributed by atoms with van der Waals surface area (Å²) in [5, 5.41) is 29.0. The summed E-state index contributed by atoms with van der Waals surface area (Å²) in [6.07, 6.45) is 0. The molecule has 0 saturated carbocycles. The van der Waals surface area contributed by atoms with Gasteiger partial charge in [-0.05, 0) is 139 Å². The maximum Gasteiger partial charge on any atom is 0.488 e. The van der Waals surface area contributed by atoms with Gasteiger partial charge in [-0.1, -0.05) is 319 Å². The topological polar surface area (TPSA) is 187 Å². The lowest BCUT2D eigenvalue weighted by Gasteiger charge is -2.11. The zero-order chi connectivity index (χ0) is 85.8. The van der Waals surface area contributed by atoms with E-state index in [0.29, 0.717) is 57.9 Å². The molecule has 3 N–H and O–H groups in total. The molecule has 128 heavy (non-hydrogen) atoms. The summed E-state index contributed by atoms with van der Waals surface area (Å²) >= 11 is 3.64. The molecule has 0 saturated heterocycles. The summed E-state index contributed by atoms with van der Waals surface area (Å²) in [5.74, 6) is 5.79. The zero-order valence-corrected chi connectivity index (χ0v) is 70.4. The van der Waals surface area contributed by atoms with Crippen molar-refractivity contribution in [2.24, 2.45) is 0 Å². The van der Waals surface area contributed by atoms with E-state index >= 15 is 0 Å². The molecule has 24 aromatic rings. The minimum absolute atomic E-state index is 0.462. The lowest BCUT2D eigenvalue weighted by Crippen LogP contribution is -2.29. The van der Waals surface area contributed by atoms with Crippen molar-refractivity contribution < 1.29 is 10.0 Å². The maximum atomic E-state index is 9.73. The number of benzene rings is 17. The zero-order valence-electron chi connectivity index (χ0n) is 68.8. The van der Waals surface area contributed by atoms with Gasteiger partial charge in [-0.3, -0.25) is 0 Å². The third-order valence-corrected chi connectivity index (χ3v) is 23.4. The SMILES string of the molecule is Brc1ccc2c(c1)c1ccccc1n2-c1ccc(-c2nc(-c3ccccc3)nc(-c3ccccc3)n2)cc1.OB(O)c1ccc2c(c1)c1ccccc1n2-c1ccc(-c2nc(-c3ccccc3)nc(-c3ccccc3)n2)cc1.c1ccc(-c2nc(-c3ccccc3)nc(-c3ccc(-n4c5ccccc5c5ccccc54)cc3)n2)cc1.c1ccc2c(c1)[nH]c1ccccc12.